The largest absolute Gasteiger partial charge is 0.370 e. The Balaban J connectivity index is 0.000000248. The molecule has 0 amide bonds. The standard InChI is InChI=1S/C21H20ClNOS.C8H10ClNOS.C2H6.ClH/c22-18-11-20(25-15-18)14-24-19-12-23(13-19)21(16-7-3-1-4-8-16)17-9-5-2-6-10-17;9-6-1-8(12-5-6)4-11-7-2-10-3-7;1-2;/h1-11,15,19,21H,12-14H2;1,5,7,10H,2-4H2;1-2H3;1H. The van der Waals surface area contributed by atoms with Gasteiger partial charge in [-0.3, -0.25) is 4.90 Å². The van der Waals surface area contributed by atoms with E-state index in [9.17, 15) is 0 Å². The lowest BCUT2D eigenvalue weighted by Gasteiger charge is -2.44. The number of rotatable bonds is 9. The first kappa shape index (κ1) is 33.1. The third-order valence-electron chi connectivity index (χ3n) is 6.38. The van der Waals surface area contributed by atoms with E-state index in [1.807, 2.05) is 36.7 Å². The van der Waals surface area contributed by atoms with Gasteiger partial charge in [-0.2, -0.15) is 0 Å². The number of likely N-dealkylation sites (tertiary alicyclic amines) is 1. The number of nitrogens with one attached hydrogen (secondary N) is 1. The zero-order valence-corrected chi connectivity index (χ0v) is 26.8. The third kappa shape index (κ3) is 9.83. The molecule has 4 heterocycles. The highest BCUT2D eigenvalue weighted by Crippen LogP contribution is 2.33. The van der Waals surface area contributed by atoms with Gasteiger partial charge in [0.25, 0.3) is 0 Å². The van der Waals surface area contributed by atoms with Gasteiger partial charge in [-0.25, -0.2) is 0 Å². The van der Waals surface area contributed by atoms with Crippen molar-refractivity contribution in [1.29, 1.82) is 0 Å². The van der Waals surface area contributed by atoms with Crippen LogP contribution in [0, 0.1) is 0 Å². The fourth-order valence-electron chi connectivity index (χ4n) is 4.31. The van der Waals surface area contributed by atoms with Crippen LogP contribution in [0.15, 0.2) is 83.6 Å². The Labute approximate surface area is 262 Å². The molecule has 4 nitrogen and oxygen atoms in total. The van der Waals surface area contributed by atoms with Gasteiger partial charge in [-0.1, -0.05) is 97.7 Å². The van der Waals surface area contributed by atoms with Crippen LogP contribution < -0.4 is 5.32 Å². The lowest BCUT2D eigenvalue weighted by Crippen LogP contribution is -2.53. The molecule has 0 saturated carbocycles. The van der Waals surface area contributed by atoms with Gasteiger partial charge in [0.05, 0.1) is 41.5 Å². The molecular weight excluding hydrogens is 603 g/mol. The number of thiophene rings is 2. The van der Waals surface area contributed by atoms with E-state index in [1.165, 1.54) is 20.9 Å². The highest BCUT2D eigenvalue weighted by Gasteiger charge is 2.34. The Kier molecular flexibility index (Phi) is 14.5. The van der Waals surface area contributed by atoms with Crippen LogP contribution in [0.25, 0.3) is 0 Å². The molecule has 40 heavy (non-hydrogen) atoms. The molecule has 0 bridgehead atoms. The molecular formula is C31H37Cl3N2O2S2. The second-order valence-electron chi connectivity index (χ2n) is 9.16. The van der Waals surface area contributed by atoms with Crippen molar-refractivity contribution >= 4 is 58.3 Å². The van der Waals surface area contributed by atoms with Crippen molar-refractivity contribution in [3.63, 3.8) is 0 Å². The summed E-state index contributed by atoms with van der Waals surface area (Å²) in [5.74, 6) is 0. The summed E-state index contributed by atoms with van der Waals surface area (Å²) in [6.45, 7) is 9.22. The molecule has 2 fully saturated rings. The molecule has 2 aromatic carbocycles. The van der Waals surface area contributed by atoms with Gasteiger partial charge in [0.2, 0.25) is 0 Å². The second kappa shape index (κ2) is 17.5. The number of ether oxygens (including phenoxy) is 2. The molecule has 1 N–H and O–H groups in total. The van der Waals surface area contributed by atoms with Crippen LogP contribution in [0.4, 0.5) is 0 Å². The summed E-state index contributed by atoms with van der Waals surface area (Å²) in [5.41, 5.74) is 2.66. The van der Waals surface area contributed by atoms with Gasteiger partial charge in [-0.15, -0.1) is 35.1 Å². The summed E-state index contributed by atoms with van der Waals surface area (Å²) < 4.78 is 11.6. The molecule has 2 aromatic heterocycles. The van der Waals surface area contributed by atoms with E-state index in [0.29, 0.717) is 25.4 Å². The minimum atomic E-state index is 0. The van der Waals surface area contributed by atoms with Crippen molar-refractivity contribution in [3.8, 4) is 0 Å². The van der Waals surface area contributed by atoms with Crippen LogP contribution in [0.5, 0.6) is 0 Å². The first-order valence-electron chi connectivity index (χ1n) is 13.4. The smallest absolute Gasteiger partial charge is 0.0834 e. The second-order valence-corrected chi connectivity index (χ2v) is 12.0. The number of benzene rings is 2. The quantitative estimate of drug-likeness (QED) is 0.199. The summed E-state index contributed by atoms with van der Waals surface area (Å²) in [7, 11) is 0. The molecule has 0 spiro atoms. The zero-order chi connectivity index (χ0) is 27.5. The number of nitrogens with zero attached hydrogens (tertiary/aromatic N) is 1. The Bertz CT molecular complexity index is 1190. The van der Waals surface area contributed by atoms with Crippen LogP contribution >= 0.6 is 58.3 Å². The van der Waals surface area contributed by atoms with E-state index in [2.05, 4.69) is 70.9 Å². The van der Waals surface area contributed by atoms with E-state index in [4.69, 9.17) is 32.7 Å². The Hall–Kier alpha value is -1.45. The summed E-state index contributed by atoms with van der Waals surface area (Å²) in [5, 5.41) is 8.65. The van der Waals surface area contributed by atoms with Gasteiger partial charge in [0.15, 0.2) is 0 Å². The fraction of sp³-hybridized carbons (Fsp3) is 0.355. The first-order valence-corrected chi connectivity index (χ1v) is 15.9. The number of hydrogen-bond acceptors (Lipinski definition) is 6. The lowest BCUT2D eigenvalue weighted by molar-refractivity contribution is -0.0733. The summed E-state index contributed by atoms with van der Waals surface area (Å²) in [6.07, 6.45) is 0.696. The van der Waals surface area contributed by atoms with Crippen LogP contribution in [0.3, 0.4) is 0 Å². The van der Waals surface area contributed by atoms with Crippen molar-refractivity contribution in [3.05, 3.63) is 114 Å². The average Bonchev–Trinajstić information content (AvgIpc) is 3.54. The molecule has 2 aliphatic rings. The third-order valence-corrected chi connectivity index (χ3v) is 8.90. The van der Waals surface area contributed by atoms with Crippen molar-refractivity contribution in [2.75, 3.05) is 26.2 Å². The molecule has 9 heteroatoms. The molecule has 6 rings (SSSR count). The summed E-state index contributed by atoms with van der Waals surface area (Å²) in [4.78, 5) is 4.87. The van der Waals surface area contributed by atoms with Gasteiger partial charge >= 0.3 is 0 Å². The molecule has 2 aliphatic heterocycles. The monoisotopic (exact) mass is 638 g/mol. The van der Waals surface area contributed by atoms with Crippen LogP contribution in [0.2, 0.25) is 10.0 Å². The molecule has 0 radical (unpaired) electrons. The maximum Gasteiger partial charge on any atom is 0.0834 e. The van der Waals surface area contributed by atoms with Crippen molar-refractivity contribution in [2.45, 2.75) is 45.3 Å². The minimum Gasteiger partial charge on any atom is -0.370 e. The van der Waals surface area contributed by atoms with Crippen LogP contribution in [-0.2, 0) is 22.7 Å². The summed E-state index contributed by atoms with van der Waals surface area (Å²) >= 11 is 15.0. The minimum absolute atomic E-state index is 0. The zero-order valence-electron chi connectivity index (χ0n) is 22.8. The highest BCUT2D eigenvalue weighted by molar-refractivity contribution is 7.10. The van der Waals surface area contributed by atoms with Gasteiger partial charge in [-0.05, 0) is 23.3 Å². The van der Waals surface area contributed by atoms with E-state index in [-0.39, 0.29) is 18.5 Å². The Morgan fingerprint density at radius 2 is 1.23 bits per heavy atom. The normalized spacial score (nSPS) is 15.1. The average molecular weight is 640 g/mol. The van der Waals surface area contributed by atoms with Crippen LogP contribution in [-0.4, -0.2) is 43.3 Å². The molecule has 2 saturated heterocycles. The molecule has 216 valence electrons. The van der Waals surface area contributed by atoms with Gasteiger partial charge < -0.3 is 14.8 Å². The molecule has 0 unspecified atom stereocenters. The van der Waals surface area contributed by atoms with E-state index in [1.54, 1.807) is 22.7 Å². The Morgan fingerprint density at radius 3 is 1.60 bits per heavy atom. The SMILES string of the molecule is CC.Cl.Clc1csc(COC2CN(C(c3ccccc3)c3ccccc3)C2)c1.Clc1csc(COC2CNC2)c1. The molecule has 0 atom stereocenters. The van der Waals surface area contributed by atoms with Gasteiger partial charge in [0, 0.05) is 46.7 Å². The van der Waals surface area contributed by atoms with Crippen LogP contribution in [0.1, 0.15) is 40.8 Å². The van der Waals surface area contributed by atoms with Crippen molar-refractivity contribution in [1.82, 2.24) is 10.2 Å². The topological polar surface area (TPSA) is 33.7 Å². The number of halogens is 3. The maximum absolute atomic E-state index is 6.04. The van der Waals surface area contributed by atoms with Gasteiger partial charge in [0.1, 0.15) is 0 Å². The number of hydrogen-bond donors (Lipinski definition) is 1. The predicted octanol–water partition coefficient (Wildman–Crippen LogP) is 8.73. The van der Waals surface area contributed by atoms with E-state index in [0.717, 1.165) is 36.2 Å². The first-order chi connectivity index (χ1) is 19.1. The van der Waals surface area contributed by atoms with Crippen molar-refractivity contribution in [2.24, 2.45) is 0 Å². The maximum atomic E-state index is 6.04. The van der Waals surface area contributed by atoms with E-state index >= 15 is 0 Å². The predicted molar refractivity (Wildman–Crippen MR) is 174 cm³/mol. The van der Waals surface area contributed by atoms with E-state index < -0.39 is 0 Å². The molecule has 0 aliphatic carbocycles. The highest BCUT2D eigenvalue weighted by atomic mass is 35.5. The lowest BCUT2D eigenvalue weighted by atomic mass is 9.94. The summed E-state index contributed by atoms with van der Waals surface area (Å²) in [6, 6.07) is 25.6. The van der Waals surface area contributed by atoms with Crippen molar-refractivity contribution < 1.29 is 9.47 Å². The molecule has 4 aromatic rings. The Morgan fingerprint density at radius 1 is 0.775 bits per heavy atom. The fourth-order valence-corrected chi connectivity index (χ4v) is 6.30.